The molecule has 18 heteroatoms. The van der Waals surface area contributed by atoms with E-state index in [0.29, 0.717) is 53.1 Å². The molecule has 0 radical (unpaired) electrons. The van der Waals surface area contributed by atoms with Crippen LogP contribution in [0.5, 0.6) is 11.5 Å². The molecular formula is C41H53N7O9S2. The number of fused-ring (bicyclic) bond motifs is 3. The smallest absolute Gasteiger partial charge is 0.408 e. The molecule has 4 N–H and O–H groups in total. The minimum Gasteiger partial charge on any atom is -0.497 e. The van der Waals surface area contributed by atoms with Crippen molar-refractivity contribution in [3.05, 3.63) is 41.8 Å². The lowest BCUT2D eigenvalue weighted by atomic mass is 10.0. The number of allylic oxidation sites excluding steroid dienone is 1. The molecule has 1 aromatic carbocycles. The average molecular weight is 852 g/mol. The standard InChI is InChI=1S/C41H53N7O9S2/c1-24(2)42-39-44-33(23-58-39)32-20-35(29-17-16-27(55-3)18-31(29)43-32)56-28-19-34-36(49)46-41(38(51)47-59(4,53)54)21-25(41)12-8-6-5-7-9-15-30(37(50)48(34)22-28)45-40(52)57-26-13-10-11-14-26/h8,12,16-18,20,23-26,28,30,34H,5-7,9-11,13-15,19,21-22H2,1-4H3,(H,42,44)(H,45,52)(H,46,49)(H,47,51)/b12-8-/t25?,28-,30+,34+,41?/m1/s1. The number of thiazole rings is 1. The molecule has 4 amide bonds. The zero-order valence-corrected chi connectivity index (χ0v) is 35.5. The van der Waals surface area contributed by atoms with Gasteiger partial charge in [-0.15, -0.1) is 11.3 Å². The average Bonchev–Trinajstić information content (AvgIpc) is 3.61. The number of pyridine rings is 1. The van der Waals surface area contributed by atoms with E-state index in [-0.39, 0.29) is 31.5 Å². The van der Waals surface area contributed by atoms with E-state index < -0.39 is 63.5 Å². The maximum absolute atomic E-state index is 14.7. The van der Waals surface area contributed by atoms with Crippen molar-refractivity contribution in [1.29, 1.82) is 0 Å². The second-order valence-corrected chi connectivity index (χ2v) is 18.9. The Balaban J connectivity index is 1.22. The third kappa shape index (κ3) is 10.1. The van der Waals surface area contributed by atoms with E-state index in [1.54, 1.807) is 25.3 Å². The van der Waals surface area contributed by atoms with E-state index in [0.717, 1.165) is 49.9 Å². The zero-order chi connectivity index (χ0) is 41.9. The fourth-order valence-corrected chi connectivity index (χ4v) is 9.55. The lowest BCUT2D eigenvalue weighted by Gasteiger charge is -2.30. The number of carbonyl (C=O) groups excluding carboxylic acids is 4. The number of benzene rings is 1. The molecule has 2 aromatic heterocycles. The lowest BCUT2D eigenvalue weighted by Crippen LogP contribution is -2.58. The second kappa shape index (κ2) is 17.7. The minimum absolute atomic E-state index is 0.0207. The number of anilines is 1. The topological polar surface area (TPSA) is 207 Å². The van der Waals surface area contributed by atoms with Crippen LogP contribution in [-0.2, 0) is 29.1 Å². The molecule has 3 fully saturated rings. The highest BCUT2D eigenvalue weighted by atomic mass is 32.2. The molecule has 59 heavy (non-hydrogen) atoms. The number of amides is 4. The Labute approximate surface area is 348 Å². The molecule has 2 aliphatic heterocycles. The number of hydrogen-bond acceptors (Lipinski definition) is 13. The van der Waals surface area contributed by atoms with Crippen LogP contribution in [0.2, 0.25) is 0 Å². The van der Waals surface area contributed by atoms with Crippen molar-refractivity contribution in [3.63, 3.8) is 0 Å². The monoisotopic (exact) mass is 851 g/mol. The van der Waals surface area contributed by atoms with Crippen molar-refractivity contribution in [2.24, 2.45) is 5.92 Å². The highest BCUT2D eigenvalue weighted by Crippen LogP contribution is 2.46. The third-order valence-corrected chi connectivity index (χ3v) is 12.6. The van der Waals surface area contributed by atoms with E-state index in [9.17, 15) is 27.6 Å². The van der Waals surface area contributed by atoms with Gasteiger partial charge in [0.1, 0.15) is 47.0 Å². The van der Waals surface area contributed by atoms with Crippen molar-refractivity contribution in [2.75, 3.05) is 25.2 Å². The first-order chi connectivity index (χ1) is 28.2. The Kier molecular flexibility index (Phi) is 12.7. The van der Waals surface area contributed by atoms with Crippen LogP contribution in [0.25, 0.3) is 22.3 Å². The van der Waals surface area contributed by atoms with Gasteiger partial charge in [-0.2, -0.15) is 0 Å². The van der Waals surface area contributed by atoms with Crippen LogP contribution in [0.4, 0.5) is 9.93 Å². The van der Waals surface area contributed by atoms with Crippen LogP contribution in [0.1, 0.15) is 84.5 Å². The Morgan fingerprint density at radius 1 is 1.02 bits per heavy atom. The van der Waals surface area contributed by atoms with Gasteiger partial charge < -0.3 is 35.1 Å². The molecule has 4 aliphatic rings. The Morgan fingerprint density at radius 3 is 2.54 bits per heavy atom. The Bertz CT molecular complexity index is 2210. The number of nitrogens with zero attached hydrogens (tertiary/aromatic N) is 3. The predicted molar refractivity (Wildman–Crippen MR) is 223 cm³/mol. The number of methoxy groups -OCH3 is 1. The Morgan fingerprint density at radius 2 is 1.80 bits per heavy atom. The SMILES string of the molecule is COc1ccc2c(O[C@@H]3C[C@H]4C(=O)NC5(C(=O)NS(C)(=O)=O)CC5/C=C\CCCCC[C@H](NC(=O)OC5CCCC5)C(=O)N4C3)cc(-c3csc(NC(C)C)n3)nc2c1. The van der Waals surface area contributed by atoms with Gasteiger partial charge in [0.2, 0.25) is 21.8 Å². The molecule has 2 unspecified atom stereocenters. The molecule has 3 aromatic rings. The fraction of sp³-hybridized carbons (Fsp3) is 0.561. The molecule has 1 saturated heterocycles. The number of alkyl carbamates (subject to hydrolysis) is 1. The summed E-state index contributed by atoms with van der Waals surface area (Å²) in [5.74, 6) is -1.36. The normalized spacial score (nSPS) is 25.9. The van der Waals surface area contributed by atoms with Crippen molar-refractivity contribution < 1.29 is 41.8 Å². The van der Waals surface area contributed by atoms with Gasteiger partial charge in [-0.25, -0.2) is 23.2 Å². The summed E-state index contributed by atoms with van der Waals surface area (Å²) >= 11 is 1.45. The van der Waals surface area contributed by atoms with E-state index in [4.69, 9.17) is 24.2 Å². The number of hydrogen-bond donors (Lipinski definition) is 4. The predicted octanol–water partition coefficient (Wildman–Crippen LogP) is 5.04. The van der Waals surface area contributed by atoms with Crippen LogP contribution < -0.4 is 30.1 Å². The minimum atomic E-state index is -3.95. The molecular weight excluding hydrogens is 799 g/mol. The number of ether oxygens (including phenoxy) is 3. The van der Waals surface area contributed by atoms with Crippen LogP contribution >= 0.6 is 11.3 Å². The zero-order valence-electron chi connectivity index (χ0n) is 33.8. The van der Waals surface area contributed by atoms with Crippen molar-refractivity contribution in [2.45, 2.75) is 120 Å². The van der Waals surface area contributed by atoms with Gasteiger partial charge in [0, 0.05) is 41.3 Å². The maximum Gasteiger partial charge on any atom is 0.408 e. The summed E-state index contributed by atoms with van der Waals surface area (Å²) in [4.78, 5) is 67.0. The molecule has 2 aliphatic carbocycles. The third-order valence-electron chi connectivity index (χ3n) is 11.2. The molecule has 2 saturated carbocycles. The first-order valence-corrected chi connectivity index (χ1v) is 23.1. The van der Waals surface area contributed by atoms with Gasteiger partial charge in [-0.05, 0) is 77.3 Å². The summed E-state index contributed by atoms with van der Waals surface area (Å²) in [6.07, 6.45) is 9.93. The van der Waals surface area contributed by atoms with Crippen molar-refractivity contribution in [1.82, 2.24) is 30.2 Å². The maximum atomic E-state index is 14.7. The van der Waals surface area contributed by atoms with E-state index in [1.165, 1.54) is 16.2 Å². The van der Waals surface area contributed by atoms with Gasteiger partial charge in [0.05, 0.1) is 31.1 Å². The highest BCUT2D eigenvalue weighted by molar-refractivity contribution is 7.89. The first-order valence-electron chi connectivity index (χ1n) is 20.4. The summed E-state index contributed by atoms with van der Waals surface area (Å²) in [7, 11) is -2.38. The largest absolute Gasteiger partial charge is 0.497 e. The van der Waals surface area contributed by atoms with E-state index in [2.05, 4.69) is 20.7 Å². The quantitative estimate of drug-likeness (QED) is 0.198. The number of rotatable bonds is 10. The fourth-order valence-electron chi connectivity index (χ4n) is 8.17. The van der Waals surface area contributed by atoms with Crippen LogP contribution in [0, 0.1) is 5.92 Å². The molecule has 0 spiro atoms. The number of carbonyl (C=O) groups is 4. The second-order valence-electron chi connectivity index (χ2n) is 16.3. The van der Waals surface area contributed by atoms with Gasteiger partial charge in [-0.3, -0.25) is 19.1 Å². The lowest BCUT2D eigenvalue weighted by molar-refractivity contribution is -0.141. The molecule has 4 heterocycles. The molecule has 0 bridgehead atoms. The summed E-state index contributed by atoms with van der Waals surface area (Å²) in [5, 5.41) is 12.3. The van der Waals surface area contributed by atoms with Crippen molar-refractivity contribution >= 4 is 61.2 Å². The van der Waals surface area contributed by atoms with Gasteiger partial charge in [0.15, 0.2) is 5.13 Å². The molecule has 7 rings (SSSR count). The van der Waals surface area contributed by atoms with Crippen molar-refractivity contribution in [3.8, 4) is 22.9 Å². The Hall–Kier alpha value is -4.97. The van der Waals surface area contributed by atoms with Gasteiger partial charge in [-0.1, -0.05) is 25.0 Å². The molecule has 16 nitrogen and oxygen atoms in total. The summed E-state index contributed by atoms with van der Waals surface area (Å²) in [5.41, 5.74) is 0.235. The van der Waals surface area contributed by atoms with Gasteiger partial charge in [0.25, 0.3) is 5.91 Å². The van der Waals surface area contributed by atoms with Crippen LogP contribution in [-0.4, -0.2) is 103 Å². The number of aromatic nitrogens is 2. The summed E-state index contributed by atoms with van der Waals surface area (Å²) in [6, 6.07) is 5.27. The van der Waals surface area contributed by atoms with E-state index in [1.807, 2.05) is 37.4 Å². The molecule has 318 valence electrons. The van der Waals surface area contributed by atoms with Crippen LogP contribution in [0.15, 0.2) is 41.8 Å². The van der Waals surface area contributed by atoms with E-state index >= 15 is 0 Å². The highest BCUT2D eigenvalue weighted by Gasteiger charge is 2.61. The summed E-state index contributed by atoms with van der Waals surface area (Å²) in [6.45, 7) is 4.03. The summed E-state index contributed by atoms with van der Waals surface area (Å²) < 4.78 is 44.4. The van der Waals surface area contributed by atoms with Crippen LogP contribution in [0.3, 0.4) is 0 Å². The molecule has 5 atom stereocenters. The number of nitrogens with one attached hydrogen (secondary N) is 4. The first kappa shape index (κ1) is 42.2. The number of sulfonamides is 1. The van der Waals surface area contributed by atoms with Gasteiger partial charge >= 0.3 is 6.09 Å².